The van der Waals surface area contributed by atoms with Crippen LogP contribution in [-0.2, 0) is 11.2 Å². The first-order valence-electron chi connectivity index (χ1n) is 7.56. The van der Waals surface area contributed by atoms with E-state index >= 15 is 0 Å². The largest absolute Gasteiger partial charge is 0.481 e. The Bertz CT molecular complexity index is 470. The topological polar surface area (TPSA) is 63.1 Å². The zero-order valence-electron chi connectivity index (χ0n) is 12.6. The molecule has 1 unspecified atom stereocenters. The molecule has 4 heteroatoms. The van der Waals surface area contributed by atoms with Gasteiger partial charge in [0.25, 0.3) is 0 Å². The Kier molecular flexibility index (Phi) is 4.73. The number of hydrogen-bond donors (Lipinski definition) is 1. The van der Waals surface area contributed by atoms with Crippen LogP contribution in [0, 0.1) is 19.8 Å². The average Bonchev–Trinajstić information content (AvgIpc) is 2.43. The van der Waals surface area contributed by atoms with E-state index in [1.807, 2.05) is 13.8 Å². The zero-order valence-corrected chi connectivity index (χ0v) is 12.6. The molecule has 0 aromatic carbocycles. The Labute approximate surface area is 120 Å². The van der Waals surface area contributed by atoms with Gasteiger partial charge < -0.3 is 5.11 Å². The van der Waals surface area contributed by atoms with Crippen LogP contribution in [0.25, 0.3) is 0 Å². The minimum atomic E-state index is -0.764. The van der Waals surface area contributed by atoms with Crippen molar-refractivity contribution < 1.29 is 9.90 Å². The van der Waals surface area contributed by atoms with Crippen LogP contribution in [0.2, 0.25) is 0 Å². The van der Waals surface area contributed by atoms with E-state index in [4.69, 9.17) is 5.11 Å². The number of carboxylic acid groups (broad SMARTS) is 1. The molecule has 0 radical (unpaired) electrons. The van der Waals surface area contributed by atoms with Gasteiger partial charge in [0.05, 0.1) is 5.92 Å². The van der Waals surface area contributed by atoms with E-state index in [9.17, 15) is 4.79 Å². The molecule has 4 nitrogen and oxygen atoms in total. The Hall–Kier alpha value is -1.45. The SMILES string of the molecule is Cc1nc(C2CCCCC2)nc(C)c1CC(C)C(=O)O. The maximum atomic E-state index is 11.0. The van der Waals surface area contributed by atoms with Crippen LogP contribution in [0.3, 0.4) is 0 Å². The molecule has 0 amide bonds. The lowest BCUT2D eigenvalue weighted by atomic mass is 9.88. The van der Waals surface area contributed by atoms with Crippen molar-refractivity contribution in [3.63, 3.8) is 0 Å². The molecule has 1 fully saturated rings. The summed E-state index contributed by atoms with van der Waals surface area (Å²) in [6, 6.07) is 0. The van der Waals surface area contributed by atoms with E-state index in [-0.39, 0.29) is 0 Å². The van der Waals surface area contributed by atoms with Gasteiger partial charge in [-0.3, -0.25) is 4.79 Å². The third-order valence-corrected chi connectivity index (χ3v) is 4.34. The van der Waals surface area contributed by atoms with E-state index in [1.54, 1.807) is 6.92 Å². The van der Waals surface area contributed by atoms with Gasteiger partial charge >= 0.3 is 5.97 Å². The third-order valence-electron chi connectivity index (χ3n) is 4.34. The average molecular weight is 276 g/mol. The maximum absolute atomic E-state index is 11.0. The molecule has 1 heterocycles. The van der Waals surface area contributed by atoms with Gasteiger partial charge in [-0.2, -0.15) is 0 Å². The molecule has 20 heavy (non-hydrogen) atoms. The fourth-order valence-electron chi connectivity index (χ4n) is 3.00. The molecule has 1 aliphatic carbocycles. The van der Waals surface area contributed by atoms with Crippen molar-refractivity contribution >= 4 is 5.97 Å². The smallest absolute Gasteiger partial charge is 0.306 e. The number of carboxylic acids is 1. The third kappa shape index (κ3) is 3.35. The van der Waals surface area contributed by atoms with Crippen LogP contribution in [0.4, 0.5) is 0 Å². The second-order valence-corrected chi connectivity index (χ2v) is 6.01. The Morgan fingerprint density at radius 3 is 2.25 bits per heavy atom. The summed E-state index contributed by atoms with van der Waals surface area (Å²) < 4.78 is 0. The van der Waals surface area contributed by atoms with Gasteiger partial charge in [0.15, 0.2) is 0 Å². The highest BCUT2D eigenvalue weighted by Gasteiger charge is 2.21. The minimum Gasteiger partial charge on any atom is -0.481 e. The quantitative estimate of drug-likeness (QED) is 0.915. The van der Waals surface area contributed by atoms with Crippen molar-refractivity contribution in [1.29, 1.82) is 0 Å². The summed E-state index contributed by atoms with van der Waals surface area (Å²) in [4.78, 5) is 20.3. The van der Waals surface area contributed by atoms with E-state index in [0.29, 0.717) is 12.3 Å². The second kappa shape index (κ2) is 6.33. The molecule has 0 spiro atoms. The van der Waals surface area contributed by atoms with Crippen LogP contribution in [0.5, 0.6) is 0 Å². The molecule has 0 aliphatic heterocycles. The number of hydrogen-bond acceptors (Lipinski definition) is 3. The summed E-state index contributed by atoms with van der Waals surface area (Å²) >= 11 is 0. The molecular weight excluding hydrogens is 252 g/mol. The molecule has 0 bridgehead atoms. The summed E-state index contributed by atoms with van der Waals surface area (Å²) in [5.41, 5.74) is 2.90. The van der Waals surface area contributed by atoms with E-state index in [2.05, 4.69) is 9.97 Å². The number of nitrogens with zero attached hydrogens (tertiary/aromatic N) is 2. The first kappa shape index (κ1) is 14.9. The highest BCUT2D eigenvalue weighted by atomic mass is 16.4. The lowest BCUT2D eigenvalue weighted by Gasteiger charge is -2.22. The van der Waals surface area contributed by atoms with Gasteiger partial charge in [-0.05, 0) is 38.7 Å². The molecule has 1 atom stereocenters. The standard InChI is InChI=1S/C16H24N2O2/c1-10(16(19)20)9-14-11(2)17-15(18-12(14)3)13-7-5-4-6-8-13/h10,13H,4-9H2,1-3H3,(H,19,20). The van der Waals surface area contributed by atoms with Crippen LogP contribution in [-0.4, -0.2) is 21.0 Å². The van der Waals surface area contributed by atoms with Gasteiger partial charge in [-0.15, -0.1) is 0 Å². The predicted octanol–water partition coefficient (Wildman–Crippen LogP) is 3.40. The maximum Gasteiger partial charge on any atom is 0.306 e. The summed E-state index contributed by atoms with van der Waals surface area (Å²) in [7, 11) is 0. The number of aryl methyl sites for hydroxylation is 2. The molecule has 0 saturated heterocycles. The molecule has 110 valence electrons. The molecule has 1 aromatic rings. The van der Waals surface area contributed by atoms with Gasteiger partial charge in [0, 0.05) is 17.3 Å². The fourth-order valence-corrected chi connectivity index (χ4v) is 3.00. The molecule has 1 saturated carbocycles. The van der Waals surface area contributed by atoms with Crippen molar-refractivity contribution in [3.05, 3.63) is 22.8 Å². The highest BCUT2D eigenvalue weighted by Crippen LogP contribution is 2.31. The molecule has 1 N–H and O–H groups in total. The van der Waals surface area contributed by atoms with E-state index < -0.39 is 11.9 Å². The summed E-state index contributed by atoms with van der Waals surface area (Å²) in [5, 5.41) is 9.04. The molecular formula is C16H24N2O2. The summed E-state index contributed by atoms with van der Waals surface area (Å²) in [5.74, 6) is 0.301. The molecule has 1 aliphatic rings. The predicted molar refractivity (Wildman–Crippen MR) is 77.8 cm³/mol. The monoisotopic (exact) mass is 276 g/mol. The van der Waals surface area contributed by atoms with Crippen LogP contribution >= 0.6 is 0 Å². The van der Waals surface area contributed by atoms with Gasteiger partial charge in [0.2, 0.25) is 0 Å². The van der Waals surface area contributed by atoms with Crippen molar-refractivity contribution in [2.24, 2.45) is 5.92 Å². The normalized spacial score (nSPS) is 17.9. The second-order valence-electron chi connectivity index (χ2n) is 6.01. The first-order chi connectivity index (χ1) is 9.49. The van der Waals surface area contributed by atoms with E-state index in [0.717, 1.165) is 22.8 Å². The Balaban J connectivity index is 2.21. The van der Waals surface area contributed by atoms with Crippen LogP contribution in [0.15, 0.2) is 0 Å². The van der Waals surface area contributed by atoms with Crippen molar-refractivity contribution in [2.75, 3.05) is 0 Å². The van der Waals surface area contributed by atoms with Gasteiger partial charge in [-0.1, -0.05) is 26.2 Å². The first-order valence-corrected chi connectivity index (χ1v) is 7.56. The number of carbonyl (C=O) groups is 1. The van der Waals surface area contributed by atoms with Crippen molar-refractivity contribution in [2.45, 2.75) is 65.2 Å². The van der Waals surface area contributed by atoms with Gasteiger partial charge in [-0.25, -0.2) is 9.97 Å². The number of aromatic nitrogens is 2. The summed E-state index contributed by atoms with van der Waals surface area (Å²) in [6.07, 6.45) is 6.74. The highest BCUT2D eigenvalue weighted by molar-refractivity contribution is 5.70. The molecule has 2 rings (SSSR count). The van der Waals surface area contributed by atoms with Crippen LogP contribution < -0.4 is 0 Å². The fraction of sp³-hybridized carbons (Fsp3) is 0.688. The number of rotatable bonds is 4. The van der Waals surface area contributed by atoms with Crippen molar-refractivity contribution in [3.8, 4) is 0 Å². The van der Waals surface area contributed by atoms with Crippen molar-refractivity contribution in [1.82, 2.24) is 9.97 Å². The Morgan fingerprint density at radius 1 is 1.20 bits per heavy atom. The zero-order chi connectivity index (χ0) is 14.7. The summed E-state index contributed by atoms with van der Waals surface area (Å²) in [6.45, 7) is 5.69. The van der Waals surface area contributed by atoms with E-state index in [1.165, 1.54) is 32.1 Å². The number of aliphatic carboxylic acids is 1. The Morgan fingerprint density at radius 2 is 1.75 bits per heavy atom. The minimum absolute atomic E-state index is 0.392. The molecule has 1 aromatic heterocycles. The van der Waals surface area contributed by atoms with Gasteiger partial charge in [0.1, 0.15) is 5.82 Å². The lowest BCUT2D eigenvalue weighted by molar-refractivity contribution is -0.141. The van der Waals surface area contributed by atoms with Crippen LogP contribution in [0.1, 0.15) is 67.7 Å². The lowest BCUT2D eigenvalue weighted by Crippen LogP contribution is -2.17.